The molecule has 1 heterocycles. The maximum absolute atomic E-state index is 12.1. The summed E-state index contributed by atoms with van der Waals surface area (Å²) in [6.07, 6.45) is -1.36. The molecule has 0 aliphatic heterocycles. The molecule has 0 aliphatic rings. The third kappa shape index (κ3) is 3.75. The molecule has 0 bridgehead atoms. The smallest absolute Gasteiger partial charge is 0.306 e. The lowest BCUT2D eigenvalue weighted by Gasteiger charge is -2.24. The lowest BCUT2D eigenvalue weighted by atomic mass is 10.2. The lowest BCUT2D eigenvalue weighted by Crippen LogP contribution is -2.35. The maximum Gasteiger partial charge on any atom is 0.306 e. The second-order valence-electron chi connectivity index (χ2n) is 5.61. The first-order chi connectivity index (χ1) is 9.67. The molecule has 1 unspecified atom stereocenters. The zero-order valence-electron chi connectivity index (χ0n) is 11.9. The largest absolute Gasteiger partial charge is 0.425 e. The molecule has 1 aromatic carbocycles. The highest BCUT2D eigenvalue weighted by Gasteiger charge is 2.18. The van der Waals surface area contributed by atoms with E-state index in [-0.39, 0.29) is 5.69 Å². The van der Waals surface area contributed by atoms with E-state index in [0.29, 0.717) is 15.6 Å². The molecule has 21 heavy (non-hydrogen) atoms. The van der Waals surface area contributed by atoms with E-state index in [1.807, 2.05) is 0 Å². The number of hydrogen-bond donors (Lipinski definition) is 3. The summed E-state index contributed by atoms with van der Waals surface area (Å²) in [6, 6.07) is 6.71. The van der Waals surface area contributed by atoms with Crippen LogP contribution in [0.1, 0.15) is 20.8 Å². The molecule has 1 aromatic heterocycles. The number of aromatic nitrogens is 1. The Morgan fingerprint density at radius 3 is 2.62 bits per heavy atom. The SMILES string of the molecule is CC(C)(C)OC(O)Nc1cc2ccc(Br)cc2n(O)c1=O. The number of rotatable bonds is 3. The Morgan fingerprint density at radius 1 is 1.33 bits per heavy atom. The molecule has 114 valence electrons. The Balaban J connectivity index is 2.39. The molecule has 0 fully saturated rings. The van der Waals surface area contributed by atoms with Crippen molar-refractivity contribution in [1.29, 1.82) is 0 Å². The van der Waals surface area contributed by atoms with Crippen LogP contribution in [0, 0.1) is 0 Å². The number of aliphatic hydroxyl groups is 1. The Morgan fingerprint density at radius 2 is 2.00 bits per heavy atom. The highest BCUT2D eigenvalue weighted by molar-refractivity contribution is 9.10. The Hall–Kier alpha value is -1.57. The van der Waals surface area contributed by atoms with Crippen molar-refractivity contribution in [2.24, 2.45) is 0 Å². The number of ether oxygens (including phenoxy) is 1. The predicted octanol–water partition coefficient (Wildman–Crippen LogP) is 2.50. The van der Waals surface area contributed by atoms with Gasteiger partial charge in [-0.2, -0.15) is 0 Å². The van der Waals surface area contributed by atoms with Gasteiger partial charge in [0, 0.05) is 9.86 Å². The second kappa shape index (κ2) is 5.67. The van der Waals surface area contributed by atoms with Gasteiger partial charge in [0.25, 0.3) is 0 Å². The standard InChI is InChI=1S/C14H17BrN2O4/c1-14(2,3)21-13(19)16-10-6-8-4-5-9(15)7-11(8)17(20)12(10)18/h4-7,13,16,19-20H,1-3H3. The van der Waals surface area contributed by atoms with Crippen LogP contribution in [0.25, 0.3) is 10.9 Å². The van der Waals surface area contributed by atoms with Crippen LogP contribution >= 0.6 is 15.9 Å². The highest BCUT2D eigenvalue weighted by atomic mass is 79.9. The van der Waals surface area contributed by atoms with E-state index >= 15 is 0 Å². The van der Waals surface area contributed by atoms with Crippen LogP contribution in [-0.2, 0) is 4.74 Å². The molecule has 6 nitrogen and oxygen atoms in total. The van der Waals surface area contributed by atoms with Gasteiger partial charge in [0.1, 0.15) is 5.69 Å². The van der Waals surface area contributed by atoms with Crippen molar-refractivity contribution >= 4 is 32.5 Å². The minimum atomic E-state index is -1.36. The van der Waals surface area contributed by atoms with Crippen molar-refractivity contribution < 1.29 is 15.1 Å². The van der Waals surface area contributed by atoms with Gasteiger partial charge >= 0.3 is 5.56 Å². The van der Waals surface area contributed by atoms with E-state index in [1.54, 1.807) is 45.0 Å². The minimum Gasteiger partial charge on any atom is -0.425 e. The number of pyridine rings is 1. The molecule has 3 N–H and O–H groups in total. The zero-order chi connectivity index (χ0) is 15.8. The van der Waals surface area contributed by atoms with Crippen molar-refractivity contribution in [3.05, 3.63) is 39.1 Å². The van der Waals surface area contributed by atoms with Crippen molar-refractivity contribution in [2.75, 3.05) is 5.32 Å². The van der Waals surface area contributed by atoms with Crippen LogP contribution in [0.4, 0.5) is 5.69 Å². The van der Waals surface area contributed by atoms with E-state index in [1.165, 1.54) is 0 Å². The van der Waals surface area contributed by atoms with Crippen molar-refractivity contribution in [3.8, 4) is 0 Å². The number of hydrogen-bond acceptors (Lipinski definition) is 5. The Kier molecular flexibility index (Phi) is 4.27. The van der Waals surface area contributed by atoms with Crippen LogP contribution in [0.15, 0.2) is 33.5 Å². The average molecular weight is 357 g/mol. The van der Waals surface area contributed by atoms with Gasteiger partial charge in [0.2, 0.25) is 6.41 Å². The van der Waals surface area contributed by atoms with E-state index in [2.05, 4.69) is 21.2 Å². The van der Waals surface area contributed by atoms with E-state index in [0.717, 1.165) is 4.47 Å². The average Bonchev–Trinajstić information content (AvgIpc) is 2.34. The van der Waals surface area contributed by atoms with E-state index in [4.69, 9.17) is 4.74 Å². The van der Waals surface area contributed by atoms with E-state index < -0.39 is 17.6 Å². The fourth-order valence-electron chi connectivity index (χ4n) is 1.86. The fourth-order valence-corrected chi connectivity index (χ4v) is 2.21. The van der Waals surface area contributed by atoms with Gasteiger partial charge in [-0.15, -0.1) is 4.73 Å². The van der Waals surface area contributed by atoms with Gasteiger partial charge in [-0.25, -0.2) is 0 Å². The van der Waals surface area contributed by atoms with Gasteiger partial charge in [0.05, 0.1) is 11.1 Å². The first-order valence-corrected chi connectivity index (χ1v) is 7.14. The molecule has 0 amide bonds. The quantitative estimate of drug-likeness (QED) is 0.581. The number of nitrogens with zero attached hydrogens (tertiary/aromatic N) is 1. The van der Waals surface area contributed by atoms with Crippen LogP contribution in [0.2, 0.25) is 0 Å². The molecule has 0 saturated heterocycles. The third-order valence-corrected chi connectivity index (χ3v) is 3.18. The number of aliphatic hydroxyl groups excluding tert-OH is 1. The summed E-state index contributed by atoms with van der Waals surface area (Å²) < 4.78 is 6.55. The molecule has 0 spiro atoms. The van der Waals surface area contributed by atoms with Gasteiger partial charge in [-0.1, -0.05) is 22.0 Å². The third-order valence-electron chi connectivity index (χ3n) is 2.69. The van der Waals surface area contributed by atoms with Gasteiger partial charge in [-0.05, 0) is 39.0 Å². The summed E-state index contributed by atoms with van der Waals surface area (Å²) in [5, 5.41) is 22.9. The van der Waals surface area contributed by atoms with Crippen molar-refractivity contribution in [1.82, 2.24) is 4.73 Å². The van der Waals surface area contributed by atoms with Crippen LogP contribution in [0.3, 0.4) is 0 Å². The molecular formula is C14H17BrN2O4. The monoisotopic (exact) mass is 356 g/mol. The highest BCUT2D eigenvalue weighted by Crippen LogP contribution is 2.21. The van der Waals surface area contributed by atoms with Gasteiger partial charge < -0.3 is 20.4 Å². The molecule has 0 saturated carbocycles. The maximum atomic E-state index is 12.1. The van der Waals surface area contributed by atoms with E-state index in [9.17, 15) is 15.1 Å². The van der Waals surface area contributed by atoms with Crippen LogP contribution in [-0.4, -0.2) is 27.1 Å². The minimum absolute atomic E-state index is 0.0454. The molecule has 1 atom stereocenters. The number of benzene rings is 1. The molecular weight excluding hydrogens is 340 g/mol. The fraction of sp³-hybridized carbons (Fsp3) is 0.357. The second-order valence-corrected chi connectivity index (χ2v) is 6.52. The molecule has 2 rings (SSSR count). The number of nitrogens with one attached hydrogen (secondary N) is 1. The van der Waals surface area contributed by atoms with Crippen molar-refractivity contribution in [2.45, 2.75) is 32.8 Å². The molecule has 0 aliphatic carbocycles. The number of anilines is 1. The lowest BCUT2D eigenvalue weighted by molar-refractivity contribution is -0.148. The van der Waals surface area contributed by atoms with Gasteiger partial charge in [0.15, 0.2) is 0 Å². The topological polar surface area (TPSA) is 83.7 Å². The molecule has 7 heteroatoms. The Bertz CT molecular complexity index is 721. The zero-order valence-corrected chi connectivity index (χ0v) is 13.5. The summed E-state index contributed by atoms with van der Waals surface area (Å²) in [5.41, 5.74) is -0.834. The summed E-state index contributed by atoms with van der Waals surface area (Å²) in [6.45, 7) is 5.33. The summed E-state index contributed by atoms with van der Waals surface area (Å²) >= 11 is 3.28. The predicted molar refractivity (Wildman–Crippen MR) is 83.6 cm³/mol. The van der Waals surface area contributed by atoms with Gasteiger partial charge in [-0.3, -0.25) is 4.79 Å². The van der Waals surface area contributed by atoms with Crippen LogP contribution < -0.4 is 10.9 Å². The molecule has 0 radical (unpaired) electrons. The summed E-state index contributed by atoms with van der Waals surface area (Å²) in [5.74, 6) is 0. The normalized spacial score (nSPS) is 13.4. The van der Waals surface area contributed by atoms with Crippen molar-refractivity contribution in [3.63, 3.8) is 0 Å². The first-order valence-electron chi connectivity index (χ1n) is 6.34. The molecule has 2 aromatic rings. The summed E-state index contributed by atoms with van der Waals surface area (Å²) in [7, 11) is 0. The van der Waals surface area contributed by atoms with Crippen LogP contribution in [0.5, 0.6) is 0 Å². The Labute approximate surface area is 130 Å². The first kappa shape index (κ1) is 15.8. The number of fused-ring (bicyclic) bond motifs is 1. The number of halogens is 1. The summed E-state index contributed by atoms with van der Waals surface area (Å²) in [4.78, 5) is 12.1.